The molecule has 2 N–H and O–H groups in total. The third-order valence-electron chi connectivity index (χ3n) is 6.12. The van der Waals surface area contributed by atoms with E-state index < -0.39 is 9.84 Å². The lowest BCUT2D eigenvalue weighted by Crippen LogP contribution is -2.13. The third-order valence-corrected chi connectivity index (χ3v) is 6.98. The van der Waals surface area contributed by atoms with Gasteiger partial charge in [0.05, 0.1) is 5.75 Å². The first-order chi connectivity index (χ1) is 18.7. The molecule has 0 atom stereocenters. The topological polar surface area (TPSA) is 104 Å². The summed E-state index contributed by atoms with van der Waals surface area (Å²) >= 11 is 0. The summed E-state index contributed by atoms with van der Waals surface area (Å²) in [5.41, 5.74) is 3.61. The van der Waals surface area contributed by atoms with E-state index in [1.54, 1.807) is 30.5 Å². The van der Waals surface area contributed by atoms with Crippen LogP contribution in [0.4, 0.5) is 28.8 Å². The molecule has 39 heavy (non-hydrogen) atoms. The molecule has 9 heteroatoms. The summed E-state index contributed by atoms with van der Waals surface area (Å²) in [6.45, 7) is 0. The van der Waals surface area contributed by atoms with Gasteiger partial charge in [-0.2, -0.15) is 4.98 Å². The first kappa shape index (κ1) is 25.9. The van der Waals surface area contributed by atoms with Crippen molar-refractivity contribution in [1.82, 2.24) is 9.97 Å². The number of aromatic nitrogens is 2. The van der Waals surface area contributed by atoms with E-state index in [1.165, 1.54) is 6.26 Å². The number of carbonyl (C=O) groups excluding carboxylic acids is 1. The van der Waals surface area contributed by atoms with Gasteiger partial charge in [-0.3, -0.25) is 4.79 Å². The van der Waals surface area contributed by atoms with Gasteiger partial charge in [-0.1, -0.05) is 48.5 Å². The molecule has 0 saturated carbocycles. The van der Waals surface area contributed by atoms with Crippen LogP contribution < -0.4 is 15.5 Å². The van der Waals surface area contributed by atoms with Crippen LogP contribution in [0.1, 0.15) is 15.9 Å². The fraction of sp³-hybridized carbons (Fsp3) is 0.100. The van der Waals surface area contributed by atoms with Crippen LogP contribution >= 0.6 is 0 Å². The predicted molar refractivity (Wildman–Crippen MR) is 157 cm³/mol. The molecule has 0 unspecified atom stereocenters. The van der Waals surface area contributed by atoms with Crippen molar-refractivity contribution in [2.45, 2.75) is 5.75 Å². The first-order valence-electron chi connectivity index (χ1n) is 12.2. The fourth-order valence-electron chi connectivity index (χ4n) is 4.30. The second kappa shape index (κ2) is 10.9. The summed E-state index contributed by atoms with van der Waals surface area (Å²) in [6.07, 6.45) is 2.87. The number of hydrogen-bond donors (Lipinski definition) is 2. The molecule has 0 aliphatic carbocycles. The molecule has 1 amide bonds. The van der Waals surface area contributed by atoms with E-state index in [9.17, 15) is 13.2 Å². The highest BCUT2D eigenvalue weighted by atomic mass is 32.2. The zero-order valence-corrected chi connectivity index (χ0v) is 22.3. The normalized spacial score (nSPS) is 11.2. The highest BCUT2D eigenvalue weighted by Gasteiger charge is 2.13. The molecule has 4 aromatic carbocycles. The molecule has 1 heterocycles. The number of anilines is 5. The first-order valence-corrected chi connectivity index (χ1v) is 14.3. The van der Waals surface area contributed by atoms with Crippen LogP contribution in [0.2, 0.25) is 0 Å². The van der Waals surface area contributed by atoms with E-state index >= 15 is 0 Å². The molecule has 8 nitrogen and oxygen atoms in total. The number of para-hydroxylation sites is 1. The molecule has 0 fully saturated rings. The largest absolute Gasteiger partial charge is 0.329 e. The van der Waals surface area contributed by atoms with E-state index in [2.05, 4.69) is 20.6 Å². The highest BCUT2D eigenvalue weighted by molar-refractivity contribution is 7.89. The number of hydrogen-bond acceptors (Lipinski definition) is 7. The van der Waals surface area contributed by atoms with Crippen LogP contribution in [0.5, 0.6) is 0 Å². The van der Waals surface area contributed by atoms with E-state index in [0.717, 1.165) is 22.1 Å². The Hall–Kier alpha value is -4.76. The zero-order chi connectivity index (χ0) is 27.4. The second-order valence-electron chi connectivity index (χ2n) is 9.22. The van der Waals surface area contributed by atoms with Crippen LogP contribution in [-0.4, -0.2) is 37.6 Å². The Labute approximate surface area is 227 Å². The van der Waals surface area contributed by atoms with Gasteiger partial charge in [-0.05, 0) is 64.9 Å². The zero-order valence-electron chi connectivity index (χ0n) is 21.5. The van der Waals surface area contributed by atoms with Gasteiger partial charge in [-0.15, -0.1) is 0 Å². The number of nitrogens with one attached hydrogen (secondary N) is 2. The van der Waals surface area contributed by atoms with Gasteiger partial charge in [0.25, 0.3) is 5.91 Å². The summed E-state index contributed by atoms with van der Waals surface area (Å²) in [7, 11) is -1.23. The Morgan fingerprint density at radius 3 is 2.44 bits per heavy atom. The Morgan fingerprint density at radius 1 is 0.872 bits per heavy atom. The summed E-state index contributed by atoms with van der Waals surface area (Å²) in [5, 5.41) is 7.88. The number of benzene rings is 4. The van der Waals surface area contributed by atoms with Gasteiger partial charge in [-0.25, -0.2) is 13.4 Å². The quantitative estimate of drug-likeness (QED) is 0.252. The Kier molecular flexibility index (Phi) is 7.25. The van der Waals surface area contributed by atoms with Crippen LogP contribution in [0.25, 0.3) is 10.8 Å². The summed E-state index contributed by atoms with van der Waals surface area (Å²) < 4.78 is 23.3. The van der Waals surface area contributed by atoms with E-state index in [0.29, 0.717) is 28.6 Å². The van der Waals surface area contributed by atoms with Crippen molar-refractivity contribution in [2.75, 3.05) is 28.8 Å². The average molecular weight is 538 g/mol. The fourth-order valence-corrected chi connectivity index (χ4v) is 5.08. The van der Waals surface area contributed by atoms with Gasteiger partial charge in [0.1, 0.15) is 5.82 Å². The predicted octanol–water partition coefficient (Wildman–Crippen LogP) is 5.94. The minimum Gasteiger partial charge on any atom is -0.329 e. The lowest BCUT2D eigenvalue weighted by molar-refractivity contribution is 0.102. The van der Waals surface area contributed by atoms with Crippen molar-refractivity contribution < 1.29 is 13.2 Å². The monoisotopic (exact) mass is 537 g/mol. The van der Waals surface area contributed by atoms with Crippen molar-refractivity contribution in [2.24, 2.45) is 0 Å². The molecule has 5 aromatic rings. The standard InChI is InChI=1S/C30H27N5O3S/c1-35(28-16-17-31-30(34-28)33-24-12-6-8-21(18-24)20-39(2,37)38)25-14-15-26-22(19-25)9-7-13-27(26)29(36)32-23-10-4-3-5-11-23/h3-19H,20H2,1-2H3,(H,32,36)(H,31,33,34). The highest BCUT2D eigenvalue weighted by Crippen LogP contribution is 2.29. The summed E-state index contributed by atoms with van der Waals surface area (Å²) in [6, 6.07) is 29.9. The molecule has 196 valence electrons. The lowest BCUT2D eigenvalue weighted by Gasteiger charge is -2.20. The van der Waals surface area contributed by atoms with Crippen LogP contribution in [-0.2, 0) is 15.6 Å². The maximum absolute atomic E-state index is 13.0. The van der Waals surface area contributed by atoms with Crippen molar-refractivity contribution in [3.05, 3.63) is 114 Å². The van der Waals surface area contributed by atoms with Crippen molar-refractivity contribution in [1.29, 1.82) is 0 Å². The van der Waals surface area contributed by atoms with Gasteiger partial charge in [0, 0.05) is 42.1 Å². The van der Waals surface area contributed by atoms with E-state index in [4.69, 9.17) is 0 Å². The minimum atomic E-state index is -3.14. The molecule has 0 radical (unpaired) electrons. The van der Waals surface area contributed by atoms with Gasteiger partial charge >= 0.3 is 0 Å². The SMILES string of the molecule is CN(c1ccc2c(C(=O)Nc3ccccc3)cccc2c1)c1ccnc(Nc2cccc(CS(C)(=O)=O)c2)n1. The Bertz CT molecular complexity index is 1760. The van der Waals surface area contributed by atoms with Crippen LogP contribution in [0, 0.1) is 0 Å². The Morgan fingerprint density at radius 2 is 1.64 bits per heavy atom. The van der Waals surface area contributed by atoms with Crippen molar-refractivity contribution in [3.8, 4) is 0 Å². The van der Waals surface area contributed by atoms with E-state index in [-0.39, 0.29) is 11.7 Å². The maximum Gasteiger partial charge on any atom is 0.256 e. The summed E-state index contributed by atoms with van der Waals surface area (Å²) in [4.78, 5) is 23.9. The minimum absolute atomic E-state index is 0.0379. The number of amides is 1. The molecule has 0 saturated heterocycles. The number of carbonyl (C=O) groups is 1. The number of nitrogens with zero attached hydrogens (tertiary/aromatic N) is 3. The van der Waals surface area contributed by atoms with Gasteiger partial charge < -0.3 is 15.5 Å². The molecule has 0 aliphatic heterocycles. The summed E-state index contributed by atoms with van der Waals surface area (Å²) in [5.74, 6) is 0.845. The van der Waals surface area contributed by atoms with E-state index in [1.807, 2.05) is 84.7 Å². The second-order valence-corrected chi connectivity index (χ2v) is 11.4. The van der Waals surface area contributed by atoms with Crippen molar-refractivity contribution >= 4 is 55.3 Å². The number of rotatable bonds is 8. The van der Waals surface area contributed by atoms with Crippen molar-refractivity contribution in [3.63, 3.8) is 0 Å². The van der Waals surface area contributed by atoms with Crippen LogP contribution in [0.3, 0.4) is 0 Å². The smallest absolute Gasteiger partial charge is 0.256 e. The average Bonchev–Trinajstić information content (AvgIpc) is 2.92. The number of sulfone groups is 1. The molecule has 0 bridgehead atoms. The molecule has 5 rings (SSSR count). The number of fused-ring (bicyclic) bond motifs is 1. The van der Waals surface area contributed by atoms with Crippen LogP contribution in [0.15, 0.2) is 103 Å². The van der Waals surface area contributed by atoms with Gasteiger partial charge in [0.2, 0.25) is 5.95 Å². The molecule has 1 aromatic heterocycles. The third kappa shape index (κ3) is 6.39. The molecule has 0 spiro atoms. The molecular weight excluding hydrogens is 510 g/mol. The molecular formula is C30H27N5O3S. The van der Waals surface area contributed by atoms with Gasteiger partial charge in [0.15, 0.2) is 9.84 Å². The maximum atomic E-state index is 13.0. The lowest BCUT2D eigenvalue weighted by atomic mass is 10.0. The Balaban J connectivity index is 1.36. The molecule has 0 aliphatic rings.